The van der Waals surface area contributed by atoms with Crippen molar-refractivity contribution in [3.05, 3.63) is 18.5 Å². The van der Waals surface area contributed by atoms with Gasteiger partial charge in [-0.3, -0.25) is 0 Å². The van der Waals surface area contributed by atoms with E-state index in [-0.39, 0.29) is 0 Å². The average molecular weight is 248 g/mol. The number of hydrogen-bond acceptors (Lipinski definition) is 6. The van der Waals surface area contributed by atoms with Crippen LogP contribution in [0.3, 0.4) is 0 Å². The van der Waals surface area contributed by atoms with E-state index in [9.17, 15) is 9.90 Å². The zero-order valence-corrected chi connectivity index (χ0v) is 9.98. The lowest BCUT2D eigenvalue weighted by Gasteiger charge is -2.23. The van der Waals surface area contributed by atoms with Crippen molar-refractivity contribution >= 4 is 5.97 Å². The number of hydrogen-bond donors (Lipinski definition) is 1. The Balaban J connectivity index is 2.55. The molecule has 0 aliphatic carbocycles. The van der Waals surface area contributed by atoms with Gasteiger partial charge in [0.25, 0.3) is 0 Å². The van der Waals surface area contributed by atoms with E-state index >= 15 is 0 Å². The zero-order chi connectivity index (χ0) is 13.2. The Hall–Kier alpha value is -2.38. The molecule has 0 saturated heterocycles. The van der Waals surface area contributed by atoms with Crippen molar-refractivity contribution < 1.29 is 9.90 Å². The van der Waals surface area contributed by atoms with Crippen LogP contribution in [-0.4, -0.2) is 41.5 Å². The van der Waals surface area contributed by atoms with E-state index in [0.717, 1.165) is 0 Å². The van der Waals surface area contributed by atoms with Crippen molar-refractivity contribution in [2.75, 3.05) is 0 Å². The molecule has 1 N–H and O–H groups in total. The summed E-state index contributed by atoms with van der Waals surface area (Å²) in [5.74, 6) is -0.628. The van der Waals surface area contributed by atoms with E-state index in [0.29, 0.717) is 17.8 Å². The minimum Gasteiger partial charge on any atom is -0.479 e. The predicted octanol–water partition coefficient (Wildman–Crippen LogP) is 0.340. The van der Waals surface area contributed by atoms with Crippen LogP contribution in [0.25, 0.3) is 11.4 Å². The highest BCUT2D eigenvalue weighted by Gasteiger charge is 2.37. The van der Waals surface area contributed by atoms with Crippen LogP contribution in [0.5, 0.6) is 0 Å². The van der Waals surface area contributed by atoms with Gasteiger partial charge in [-0.25, -0.2) is 9.48 Å². The van der Waals surface area contributed by atoms with Gasteiger partial charge in [0.2, 0.25) is 0 Å². The normalized spacial score (nSPS) is 14.1. The molecular weight excluding hydrogens is 236 g/mol. The van der Waals surface area contributed by atoms with Crippen molar-refractivity contribution in [1.29, 1.82) is 0 Å². The first-order valence-electron chi connectivity index (χ1n) is 5.39. The highest BCUT2D eigenvalue weighted by atomic mass is 16.4. The summed E-state index contributed by atoms with van der Waals surface area (Å²) in [6.45, 7) is 3.34. The smallest absolute Gasteiger partial charge is 0.331 e. The largest absolute Gasteiger partial charge is 0.479 e. The number of carboxylic acid groups (broad SMARTS) is 1. The zero-order valence-electron chi connectivity index (χ0n) is 9.98. The SMILES string of the molecule is CCC(C)(C(=O)O)n1nnnc1-c1ccnnc1. The van der Waals surface area contributed by atoms with Gasteiger partial charge in [0, 0.05) is 5.56 Å². The molecule has 8 nitrogen and oxygen atoms in total. The molecule has 0 aliphatic heterocycles. The molecule has 94 valence electrons. The fraction of sp³-hybridized carbons (Fsp3) is 0.400. The van der Waals surface area contributed by atoms with Gasteiger partial charge in [0.1, 0.15) is 0 Å². The molecule has 0 aliphatic rings. The number of aliphatic carboxylic acids is 1. The lowest BCUT2D eigenvalue weighted by Crippen LogP contribution is -2.39. The summed E-state index contributed by atoms with van der Waals surface area (Å²) in [5, 5.41) is 27.9. The van der Waals surface area contributed by atoms with Crippen molar-refractivity contribution in [3.8, 4) is 11.4 Å². The van der Waals surface area contributed by atoms with Crippen LogP contribution in [0, 0.1) is 0 Å². The molecular formula is C10H12N6O2. The number of rotatable bonds is 4. The summed E-state index contributed by atoms with van der Waals surface area (Å²) in [4.78, 5) is 11.4. The van der Waals surface area contributed by atoms with Crippen LogP contribution < -0.4 is 0 Å². The van der Waals surface area contributed by atoms with E-state index in [1.807, 2.05) is 0 Å². The second-order valence-corrected chi connectivity index (χ2v) is 3.98. The molecule has 0 saturated carbocycles. The molecule has 2 aromatic heterocycles. The number of carboxylic acids is 1. The van der Waals surface area contributed by atoms with Gasteiger partial charge in [-0.15, -0.1) is 5.10 Å². The van der Waals surface area contributed by atoms with Gasteiger partial charge in [-0.2, -0.15) is 10.2 Å². The highest BCUT2D eigenvalue weighted by Crippen LogP contribution is 2.25. The van der Waals surface area contributed by atoms with Crippen molar-refractivity contribution in [1.82, 2.24) is 30.4 Å². The maximum Gasteiger partial charge on any atom is 0.331 e. The molecule has 2 rings (SSSR count). The summed E-state index contributed by atoms with van der Waals surface area (Å²) in [6.07, 6.45) is 3.34. The van der Waals surface area contributed by atoms with Crippen molar-refractivity contribution in [2.24, 2.45) is 0 Å². The first-order valence-corrected chi connectivity index (χ1v) is 5.39. The molecule has 8 heteroatoms. The van der Waals surface area contributed by atoms with Gasteiger partial charge in [-0.1, -0.05) is 6.92 Å². The third kappa shape index (κ3) is 1.81. The fourth-order valence-electron chi connectivity index (χ4n) is 1.51. The topological polar surface area (TPSA) is 107 Å². The summed E-state index contributed by atoms with van der Waals surface area (Å²) in [6, 6.07) is 1.67. The molecule has 0 fully saturated rings. The fourth-order valence-corrected chi connectivity index (χ4v) is 1.51. The Kier molecular flexibility index (Phi) is 3.00. The third-order valence-corrected chi connectivity index (χ3v) is 2.93. The summed E-state index contributed by atoms with van der Waals surface area (Å²) >= 11 is 0. The van der Waals surface area contributed by atoms with Gasteiger partial charge < -0.3 is 5.11 Å². The van der Waals surface area contributed by atoms with Crippen molar-refractivity contribution in [2.45, 2.75) is 25.8 Å². The Morgan fingerprint density at radius 2 is 2.28 bits per heavy atom. The van der Waals surface area contributed by atoms with E-state index in [1.165, 1.54) is 17.1 Å². The lowest BCUT2D eigenvalue weighted by molar-refractivity contribution is -0.147. The number of aromatic nitrogens is 6. The second-order valence-electron chi connectivity index (χ2n) is 3.98. The molecule has 18 heavy (non-hydrogen) atoms. The van der Waals surface area contributed by atoms with Gasteiger partial charge in [-0.05, 0) is 29.8 Å². The molecule has 0 aromatic carbocycles. The predicted molar refractivity (Wildman–Crippen MR) is 60.4 cm³/mol. The van der Waals surface area contributed by atoms with Crippen LogP contribution in [0.15, 0.2) is 18.5 Å². The molecule has 0 radical (unpaired) electrons. The first kappa shape index (κ1) is 12.1. The molecule has 0 amide bonds. The van der Waals surface area contributed by atoms with Gasteiger partial charge in [0.05, 0.1) is 12.4 Å². The minimum absolute atomic E-state index is 0.358. The van der Waals surface area contributed by atoms with Crippen molar-refractivity contribution in [3.63, 3.8) is 0 Å². The van der Waals surface area contributed by atoms with E-state index in [2.05, 4.69) is 25.7 Å². The van der Waals surface area contributed by atoms with Crippen LogP contribution in [-0.2, 0) is 10.3 Å². The monoisotopic (exact) mass is 248 g/mol. The van der Waals surface area contributed by atoms with Crippen LogP contribution in [0.4, 0.5) is 0 Å². The van der Waals surface area contributed by atoms with Crippen LogP contribution in [0.1, 0.15) is 20.3 Å². The molecule has 1 atom stereocenters. The Morgan fingerprint density at radius 1 is 1.50 bits per heavy atom. The molecule has 2 heterocycles. The number of nitrogens with zero attached hydrogens (tertiary/aromatic N) is 6. The average Bonchev–Trinajstić information content (AvgIpc) is 2.88. The Bertz CT molecular complexity index is 555. The van der Waals surface area contributed by atoms with Gasteiger partial charge >= 0.3 is 5.97 Å². The van der Waals surface area contributed by atoms with E-state index < -0.39 is 11.5 Å². The first-order chi connectivity index (χ1) is 8.59. The molecule has 0 spiro atoms. The summed E-state index contributed by atoms with van der Waals surface area (Å²) in [7, 11) is 0. The van der Waals surface area contributed by atoms with E-state index in [1.54, 1.807) is 19.9 Å². The minimum atomic E-state index is -1.19. The van der Waals surface area contributed by atoms with Crippen LogP contribution >= 0.6 is 0 Å². The van der Waals surface area contributed by atoms with E-state index in [4.69, 9.17) is 0 Å². The summed E-state index contributed by atoms with van der Waals surface area (Å²) in [5.41, 5.74) is -0.571. The lowest BCUT2D eigenvalue weighted by atomic mass is 9.99. The number of carbonyl (C=O) groups is 1. The quantitative estimate of drug-likeness (QED) is 0.831. The third-order valence-electron chi connectivity index (χ3n) is 2.93. The Labute approximate surface area is 103 Å². The summed E-state index contributed by atoms with van der Waals surface area (Å²) < 4.78 is 1.30. The van der Waals surface area contributed by atoms with Crippen LogP contribution in [0.2, 0.25) is 0 Å². The standard InChI is InChI=1S/C10H12N6O2/c1-3-10(2,9(17)18)16-8(13-14-15-16)7-4-5-11-12-6-7/h4-6H,3H2,1-2H3,(H,17,18). The molecule has 1 unspecified atom stereocenters. The maximum absolute atomic E-state index is 11.4. The molecule has 2 aromatic rings. The number of tetrazole rings is 1. The highest BCUT2D eigenvalue weighted by molar-refractivity contribution is 5.77. The molecule has 0 bridgehead atoms. The van der Waals surface area contributed by atoms with Gasteiger partial charge in [0.15, 0.2) is 11.4 Å². The Morgan fingerprint density at radius 3 is 2.83 bits per heavy atom. The maximum atomic E-state index is 11.4. The second kappa shape index (κ2) is 4.47.